The van der Waals surface area contributed by atoms with E-state index in [9.17, 15) is 4.79 Å². The van der Waals surface area contributed by atoms with E-state index in [0.717, 1.165) is 45.4 Å². The van der Waals surface area contributed by atoms with Gasteiger partial charge in [-0.05, 0) is 37.2 Å². The summed E-state index contributed by atoms with van der Waals surface area (Å²) in [6, 6.07) is 10.2. The summed E-state index contributed by atoms with van der Waals surface area (Å²) in [5, 5.41) is 0. The lowest BCUT2D eigenvalue weighted by molar-refractivity contribution is -0.142. The molecule has 0 spiro atoms. The van der Waals surface area contributed by atoms with Crippen molar-refractivity contribution < 1.29 is 14.3 Å². The fourth-order valence-corrected chi connectivity index (χ4v) is 3.25. The van der Waals surface area contributed by atoms with Gasteiger partial charge in [-0.1, -0.05) is 30.3 Å². The second kappa shape index (κ2) is 7.75. The van der Waals surface area contributed by atoms with Crippen molar-refractivity contribution in [3.05, 3.63) is 35.9 Å². The maximum Gasteiger partial charge on any atom is 0.252 e. The lowest BCUT2D eigenvalue weighted by atomic mass is 9.99. The predicted octanol–water partition coefficient (Wildman–Crippen LogP) is 2.62. The van der Waals surface area contributed by atoms with Gasteiger partial charge in [0.15, 0.2) is 0 Å². The van der Waals surface area contributed by atoms with Crippen molar-refractivity contribution >= 4 is 5.91 Å². The molecular formula is C18H25NO3. The van der Waals surface area contributed by atoms with Gasteiger partial charge in [0, 0.05) is 32.9 Å². The molecule has 0 saturated carbocycles. The van der Waals surface area contributed by atoms with Crippen LogP contribution in [0.1, 0.15) is 31.2 Å². The Morgan fingerprint density at radius 2 is 1.86 bits per heavy atom. The van der Waals surface area contributed by atoms with E-state index in [0.29, 0.717) is 19.1 Å². The number of nitrogens with zero attached hydrogens (tertiary/aromatic N) is 1. The molecule has 1 unspecified atom stereocenters. The molecule has 0 aromatic heterocycles. The van der Waals surface area contributed by atoms with Crippen LogP contribution in [-0.4, -0.2) is 43.3 Å². The van der Waals surface area contributed by atoms with Crippen LogP contribution in [0.2, 0.25) is 0 Å². The van der Waals surface area contributed by atoms with Crippen LogP contribution in [0.15, 0.2) is 30.3 Å². The molecule has 2 aliphatic heterocycles. The summed E-state index contributed by atoms with van der Waals surface area (Å²) in [6.45, 7) is 3.84. The molecule has 120 valence electrons. The Balaban J connectivity index is 1.67. The minimum atomic E-state index is -0.233. The van der Waals surface area contributed by atoms with Crippen LogP contribution >= 0.6 is 0 Å². The molecular weight excluding hydrogens is 278 g/mol. The third-order valence-corrected chi connectivity index (χ3v) is 4.55. The zero-order valence-corrected chi connectivity index (χ0v) is 13.1. The van der Waals surface area contributed by atoms with Gasteiger partial charge in [0.25, 0.3) is 5.91 Å². The molecule has 22 heavy (non-hydrogen) atoms. The Hall–Kier alpha value is -1.39. The Labute approximate surface area is 132 Å². The zero-order chi connectivity index (χ0) is 15.2. The lowest BCUT2D eigenvalue weighted by Gasteiger charge is -2.31. The van der Waals surface area contributed by atoms with Gasteiger partial charge in [-0.3, -0.25) is 4.79 Å². The van der Waals surface area contributed by atoms with E-state index >= 15 is 0 Å². The van der Waals surface area contributed by atoms with Crippen LogP contribution in [0.5, 0.6) is 0 Å². The van der Waals surface area contributed by atoms with Crippen molar-refractivity contribution in [2.45, 2.75) is 38.3 Å². The minimum Gasteiger partial charge on any atom is -0.381 e. The Bertz CT molecular complexity index is 464. The van der Waals surface area contributed by atoms with Crippen molar-refractivity contribution in [1.82, 2.24) is 4.90 Å². The second-order valence-electron chi connectivity index (χ2n) is 6.26. The van der Waals surface area contributed by atoms with Gasteiger partial charge in [0.05, 0.1) is 0 Å². The van der Waals surface area contributed by atoms with Crippen molar-refractivity contribution in [2.75, 3.05) is 26.4 Å². The number of amides is 1. The summed E-state index contributed by atoms with van der Waals surface area (Å²) < 4.78 is 11.0. The number of hydrogen-bond donors (Lipinski definition) is 0. The highest BCUT2D eigenvalue weighted by Gasteiger charge is 2.30. The predicted molar refractivity (Wildman–Crippen MR) is 84.4 cm³/mol. The summed E-state index contributed by atoms with van der Waals surface area (Å²) in [5.74, 6) is 0.704. The number of hydrogen-bond acceptors (Lipinski definition) is 3. The maximum absolute atomic E-state index is 12.8. The molecule has 2 saturated heterocycles. The second-order valence-corrected chi connectivity index (χ2v) is 6.26. The molecule has 2 heterocycles. The lowest BCUT2D eigenvalue weighted by Crippen LogP contribution is -2.42. The Morgan fingerprint density at radius 3 is 2.55 bits per heavy atom. The number of carbonyl (C=O) groups is 1. The quantitative estimate of drug-likeness (QED) is 0.839. The van der Waals surface area contributed by atoms with Crippen LogP contribution in [-0.2, 0) is 20.8 Å². The SMILES string of the molecule is O=C(C1CCCO1)N(Cc1ccccc1)CC1CCOCC1. The van der Waals surface area contributed by atoms with E-state index in [-0.39, 0.29) is 12.0 Å². The Kier molecular flexibility index (Phi) is 5.46. The molecule has 3 rings (SSSR count). The first-order valence-electron chi connectivity index (χ1n) is 8.35. The van der Waals surface area contributed by atoms with E-state index in [1.807, 2.05) is 23.1 Å². The topological polar surface area (TPSA) is 38.8 Å². The highest BCUT2D eigenvalue weighted by Crippen LogP contribution is 2.21. The first kappa shape index (κ1) is 15.5. The summed E-state index contributed by atoms with van der Waals surface area (Å²) in [6.07, 6.45) is 3.71. The monoisotopic (exact) mass is 303 g/mol. The first-order valence-corrected chi connectivity index (χ1v) is 8.35. The largest absolute Gasteiger partial charge is 0.381 e. The van der Waals surface area contributed by atoms with Crippen LogP contribution in [0.3, 0.4) is 0 Å². The number of carbonyl (C=O) groups excluding carboxylic acids is 1. The molecule has 0 N–H and O–H groups in total. The third kappa shape index (κ3) is 4.08. The maximum atomic E-state index is 12.8. The van der Waals surface area contributed by atoms with E-state index in [2.05, 4.69) is 12.1 Å². The molecule has 1 aromatic rings. The van der Waals surface area contributed by atoms with E-state index < -0.39 is 0 Å². The van der Waals surface area contributed by atoms with Gasteiger partial charge < -0.3 is 14.4 Å². The summed E-state index contributed by atoms with van der Waals surface area (Å²) >= 11 is 0. The fourth-order valence-electron chi connectivity index (χ4n) is 3.25. The van der Waals surface area contributed by atoms with Gasteiger partial charge in [0.2, 0.25) is 0 Å². The van der Waals surface area contributed by atoms with Gasteiger partial charge in [0.1, 0.15) is 6.10 Å². The van der Waals surface area contributed by atoms with E-state index in [4.69, 9.17) is 9.47 Å². The summed E-state index contributed by atoms with van der Waals surface area (Å²) in [4.78, 5) is 14.8. The van der Waals surface area contributed by atoms with E-state index in [1.54, 1.807) is 0 Å². The average molecular weight is 303 g/mol. The summed E-state index contributed by atoms with van der Waals surface area (Å²) in [5.41, 5.74) is 1.18. The molecule has 1 atom stereocenters. The van der Waals surface area contributed by atoms with Gasteiger partial charge in [-0.25, -0.2) is 0 Å². The van der Waals surface area contributed by atoms with Gasteiger partial charge in [-0.15, -0.1) is 0 Å². The van der Waals surface area contributed by atoms with Crippen molar-refractivity contribution in [3.63, 3.8) is 0 Å². The van der Waals surface area contributed by atoms with Crippen LogP contribution in [0.4, 0.5) is 0 Å². The van der Waals surface area contributed by atoms with Crippen molar-refractivity contribution in [2.24, 2.45) is 5.92 Å². The minimum absolute atomic E-state index is 0.160. The van der Waals surface area contributed by atoms with Crippen LogP contribution < -0.4 is 0 Å². The number of benzene rings is 1. The highest BCUT2D eigenvalue weighted by atomic mass is 16.5. The standard InChI is InChI=1S/C18H25NO3/c20-18(17-7-4-10-22-17)19(13-15-5-2-1-3-6-15)14-16-8-11-21-12-9-16/h1-3,5-6,16-17H,4,7-14H2. The molecule has 1 aromatic carbocycles. The molecule has 4 nitrogen and oxygen atoms in total. The fraction of sp³-hybridized carbons (Fsp3) is 0.611. The zero-order valence-electron chi connectivity index (χ0n) is 13.1. The molecule has 1 amide bonds. The molecule has 2 aliphatic rings. The highest BCUT2D eigenvalue weighted by molar-refractivity contribution is 5.81. The van der Waals surface area contributed by atoms with Gasteiger partial charge >= 0.3 is 0 Å². The van der Waals surface area contributed by atoms with Crippen LogP contribution in [0.25, 0.3) is 0 Å². The molecule has 2 fully saturated rings. The summed E-state index contributed by atoms with van der Waals surface area (Å²) in [7, 11) is 0. The van der Waals surface area contributed by atoms with E-state index in [1.165, 1.54) is 5.56 Å². The molecule has 0 bridgehead atoms. The smallest absolute Gasteiger partial charge is 0.252 e. The van der Waals surface area contributed by atoms with Crippen LogP contribution in [0, 0.1) is 5.92 Å². The van der Waals surface area contributed by atoms with Crippen molar-refractivity contribution in [3.8, 4) is 0 Å². The first-order chi connectivity index (χ1) is 10.8. The normalized spacial score (nSPS) is 22.6. The van der Waals surface area contributed by atoms with Crippen molar-refractivity contribution in [1.29, 1.82) is 0 Å². The number of ether oxygens (including phenoxy) is 2. The molecule has 0 radical (unpaired) electrons. The van der Waals surface area contributed by atoms with Gasteiger partial charge in [-0.2, -0.15) is 0 Å². The number of rotatable bonds is 5. The third-order valence-electron chi connectivity index (χ3n) is 4.55. The Morgan fingerprint density at radius 1 is 1.09 bits per heavy atom. The molecule has 4 heteroatoms. The average Bonchev–Trinajstić information content (AvgIpc) is 3.10. The molecule has 0 aliphatic carbocycles.